The van der Waals surface area contributed by atoms with Crippen molar-refractivity contribution >= 4 is 23.6 Å². The van der Waals surface area contributed by atoms with Gasteiger partial charge in [-0.25, -0.2) is 4.79 Å². The zero-order valence-electron chi connectivity index (χ0n) is 25.0. The third-order valence-electron chi connectivity index (χ3n) is 6.85. The van der Waals surface area contributed by atoms with Crippen molar-refractivity contribution in [1.82, 2.24) is 10.2 Å². The molecule has 0 aliphatic carbocycles. The van der Waals surface area contributed by atoms with Crippen LogP contribution in [0.25, 0.3) is 0 Å². The molecule has 4 N–H and O–H groups in total. The standard InChI is InChI=1S/C33H41N3O6/c1-7-22(3)36(29(25-13-9-11-15-28(25)38)30(39)34-26-14-10-8-12-21(26)2)31(40)27(35-32(41)42-33(4,5)6)20-23-16-18-24(37)19-17-23/h8-19,22,27,29,37-38H,7,20H2,1-6H3,(H,34,39)(H,35,41). The van der Waals surface area contributed by atoms with Crippen molar-refractivity contribution in [2.75, 3.05) is 5.32 Å². The van der Waals surface area contributed by atoms with Crippen LogP contribution in [0.2, 0.25) is 0 Å². The molecule has 0 aliphatic rings. The Morgan fingerprint density at radius 1 is 0.929 bits per heavy atom. The molecule has 9 nitrogen and oxygen atoms in total. The number of hydrogen-bond donors (Lipinski definition) is 4. The van der Waals surface area contributed by atoms with E-state index in [1.807, 2.05) is 32.9 Å². The molecular weight excluding hydrogens is 534 g/mol. The monoisotopic (exact) mass is 575 g/mol. The molecule has 0 aliphatic heterocycles. The Kier molecular flexibility index (Phi) is 10.6. The Hall–Kier alpha value is -4.53. The first-order valence-corrected chi connectivity index (χ1v) is 14.0. The number of carbonyl (C=O) groups excluding carboxylic acids is 3. The molecule has 3 unspecified atom stereocenters. The van der Waals surface area contributed by atoms with Crippen LogP contribution in [0, 0.1) is 6.92 Å². The number of carbonyl (C=O) groups is 3. The van der Waals surface area contributed by atoms with Crippen LogP contribution in [0.3, 0.4) is 0 Å². The molecule has 0 aromatic heterocycles. The fraction of sp³-hybridized carbons (Fsp3) is 0.364. The molecule has 0 spiro atoms. The number of alkyl carbamates (subject to hydrolysis) is 1. The van der Waals surface area contributed by atoms with Crippen LogP contribution in [-0.4, -0.2) is 50.7 Å². The summed E-state index contributed by atoms with van der Waals surface area (Å²) in [7, 11) is 0. The molecule has 42 heavy (non-hydrogen) atoms. The van der Waals surface area contributed by atoms with Crippen LogP contribution in [0.4, 0.5) is 10.5 Å². The van der Waals surface area contributed by atoms with E-state index in [-0.39, 0.29) is 23.5 Å². The number of ether oxygens (including phenoxy) is 1. The van der Waals surface area contributed by atoms with Crippen molar-refractivity contribution in [3.63, 3.8) is 0 Å². The highest BCUT2D eigenvalue weighted by molar-refractivity contribution is 6.00. The van der Waals surface area contributed by atoms with Gasteiger partial charge in [0.2, 0.25) is 5.91 Å². The van der Waals surface area contributed by atoms with Gasteiger partial charge < -0.3 is 30.5 Å². The lowest BCUT2D eigenvalue weighted by Crippen LogP contribution is -2.55. The van der Waals surface area contributed by atoms with Gasteiger partial charge in [-0.05, 0) is 76.4 Å². The first-order valence-electron chi connectivity index (χ1n) is 14.0. The fourth-order valence-electron chi connectivity index (χ4n) is 4.54. The highest BCUT2D eigenvalue weighted by Crippen LogP contribution is 2.33. The van der Waals surface area contributed by atoms with Crippen LogP contribution < -0.4 is 10.6 Å². The van der Waals surface area contributed by atoms with Crippen LogP contribution in [0.1, 0.15) is 63.8 Å². The molecule has 224 valence electrons. The van der Waals surface area contributed by atoms with Gasteiger partial charge in [-0.2, -0.15) is 0 Å². The molecular formula is C33H41N3O6. The molecule has 3 aromatic rings. The molecule has 3 rings (SSSR count). The highest BCUT2D eigenvalue weighted by Gasteiger charge is 2.39. The largest absolute Gasteiger partial charge is 0.508 e. The topological polar surface area (TPSA) is 128 Å². The quantitative estimate of drug-likeness (QED) is 0.240. The van der Waals surface area contributed by atoms with E-state index >= 15 is 0 Å². The number of aromatic hydroxyl groups is 2. The van der Waals surface area contributed by atoms with Crippen molar-refractivity contribution in [3.05, 3.63) is 89.5 Å². The number of rotatable bonds is 10. The van der Waals surface area contributed by atoms with Crippen molar-refractivity contribution in [2.24, 2.45) is 0 Å². The molecule has 0 heterocycles. The Morgan fingerprint density at radius 2 is 1.55 bits per heavy atom. The van der Waals surface area contributed by atoms with E-state index in [4.69, 9.17) is 4.74 Å². The van der Waals surface area contributed by atoms with Crippen LogP contribution in [-0.2, 0) is 20.7 Å². The Balaban J connectivity index is 2.11. The normalized spacial score (nSPS) is 13.4. The predicted molar refractivity (Wildman–Crippen MR) is 162 cm³/mol. The summed E-state index contributed by atoms with van der Waals surface area (Å²) in [6.07, 6.45) is -0.225. The van der Waals surface area contributed by atoms with Crippen molar-refractivity contribution < 1.29 is 29.3 Å². The van der Waals surface area contributed by atoms with Gasteiger partial charge >= 0.3 is 6.09 Å². The Bertz CT molecular complexity index is 1380. The summed E-state index contributed by atoms with van der Waals surface area (Å²) in [4.78, 5) is 42.9. The van der Waals surface area contributed by atoms with Gasteiger partial charge in [-0.3, -0.25) is 9.59 Å². The summed E-state index contributed by atoms with van der Waals surface area (Å²) in [5.74, 6) is -1.12. The average molecular weight is 576 g/mol. The second kappa shape index (κ2) is 13.9. The third kappa shape index (κ3) is 8.49. The smallest absolute Gasteiger partial charge is 0.408 e. The van der Waals surface area contributed by atoms with Gasteiger partial charge in [0.1, 0.15) is 29.2 Å². The number of hydrogen-bond acceptors (Lipinski definition) is 6. The first kappa shape index (κ1) is 32.0. The minimum Gasteiger partial charge on any atom is -0.508 e. The number of phenols is 2. The average Bonchev–Trinajstić information content (AvgIpc) is 2.92. The molecule has 3 atom stereocenters. The molecule has 0 saturated heterocycles. The minimum absolute atomic E-state index is 0.0652. The van der Waals surface area contributed by atoms with Crippen molar-refractivity contribution in [1.29, 1.82) is 0 Å². The predicted octanol–water partition coefficient (Wildman–Crippen LogP) is 5.85. The molecule has 0 bridgehead atoms. The van der Waals surface area contributed by atoms with Gasteiger partial charge in [-0.15, -0.1) is 0 Å². The maximum absolute atomic E-state index is 14.5. The van der Waals surface area contributed by atoms with E-state index in [1.165, 1.54) is 23.1 Å². The number of nitrogens with zero attached hydrogens (tertiary/aromatic N) is 1. The lowest BCUT2D eigenvalue weighted by molar-refractivity contribution is -0.143. The molecule has 0 fully saturated rings. The zero-order chi connectivity index (χ0) is 31.0. The van der Waals surface area contributed by atoms with Crippen LogP contribution in [0.5, 0.6) is 11.5 Å². The van der Waals surface area contributed by atoms with Crippen molar-refractivity contribution in [3.8, 4) is 11.5 Å². The number of benzene rings is 3. The number of aryl methyl sites for hydroxylation is 1. The number of anilines is 1. The second-order valence-corrected chi connectivity index (χ2v) is 11.3. The van der Waals surface area contributed by atoms with Gasteiger partial charge in [0.25, 0.3) is 5.91 Å². The van der Waals surface area contributed by atoms with Gasteiger partial charge in [0.15, 0.2) is 0 Å². The summed E-state index contributed by atoms with van der Waals surface area (Å²) in [6.45, 7) is 10.7. The summed E-state index contributed by atoms with van der Waals surface area (Å²) in [5, 5.41) is 26.3. The van der Waals surface area contributed by atoms with E-state index in [2.05, 4.69) is 10.6 Å². The number of phenolic OH excluding ortho intramolecular Hbond substituents is 2. The number of nitrogens with one attached hydrogen (secondary N) is 2. The Morgan fingerprint density at radius 3 is 2.14 bits per heavy atom. The second-order valence-electron chi connectivity index (χ2n) is 11.3. The van der Waals surface area contributed by atoms with E-state index in [0.717, 1.165) is 5.56 Å². The Labute approximate surface area is 247 Å². The SMILES string of the molecule is CCC(C)N(C(=O)C(Cc1ccc(O)cc1)NC(=O)OC(C)(C)C)C(C(=O)Nc1ccccc1C)c1ccccc1O. The lowest BCUT2D eigenvalue weighted by atomic mass is 9.97. The lowest BCUT2D eigenvalue weighted by Gasteiger charge is -2.38. The molecule has 0 saturated carbocycles. The van der Waals surface area contributed by atoms with Gasteiger partial charge in [0, 0.05) is 23.7 Å². The highest BCUT2D eigenvalue weighted by atomic mass is 16.6. The van der Waals surface area contributed by atoms with Gasteiger partial charge in [-0.1, -0.05) is 55.5 Å². The van der Waals surface area contributed by atoms with E-state index in [1.54, 1.807) is 63.2 Å². The summed E-state index contributed by atoms with van der Waals surface area (Å²) in [6, 6.07) is 17.2. The van der Waals surface area contributed by atoms with Crippen LogP contribution in [0.15, 0.2) is 72.8 Å². The maximum atomic E-state index is 14.5. The molecule has 3 amide bonds. The number of para-hydroxylation sites is 2. The first-order chi connectivity index (χ1) is 19.8. The molecule has 3 aromatic carbocycles. The van der Waals surface area contributed by atoms with Crippen LogP contribution >= 0.6 is 0 Å². The zero-order valence-corrected chi connectivity index (χ0v) is 25.0. The van der Waals surface area contributed by atoms with E-state index in [9.17, 15) is 24.6 Å². The van der Waals surface area contributed by atoms with E-state index < -0.39 is 41.6 Å². The summed E-state index contributed by atoms with van der Waals surface area (Å²) >= 11 is 0. The van der Waals surface area contributed by atoms with Gasteiger partial charge in [0.05, 0.1) is 0 Å². The third-order valence-corrected chi connectivity index (χ3v) is 6.85. The molecule has 9 heteroatoms. The fourth-order valence-corrected chi connectivity index (χ4v) is 4.54. The molecule has 0 radical (unpaired) electrons. The number of amides is 3. The maximum Gasteiger partial charge on any atom is 0.408 e. The van der Waals surface area contributed by atoms with E-state index in [0.29, 0.717) is 17.7 Å². The van der Waals surface area contributed by atoms with Crippen molar-refractivity contribution in [2.45, 2.75) is 78.1 Å². The summed E-state index contributed by atoms with van der Waals surface area (Å²) in [5.41, 5.74) is 1.53. The summed E-state index contributed by atoms with van der Waals surface area (Å²) < 4.78 is 5.47. The minimum atomic E-state index is -1.23.